The Labute approximate surface area is 90.1 Å². The number of benzene rings is 2. The summed E-state index contributed by atoms with van der Waals surface area (Å²) < 4.78 is 43.7. The first-order valence-corrected chi connectivity index (χ1v) is 4.54. The van der Waals surface area contributed by atoms with E-state index in [1.54, 1.807) is 30.3 Å². The van der Waals surface area contributed by atoms with Gasteiger partial charge in [0.05, 0.1) is 0 Å². The number of hydrogen-bond donors (Lipinski definition) is 0. The van der Waals surface area contributed by atoms with E-state index in [-0.39, 0.29) is 5.75 Å². The third kappa shape index (κ3) is 2.16. The van der Waals surface area contributed by atoms with Crippen molar-refractivity contribution in [2.45, 2.75) is 0 Å². The van der Waals surface area contributed by atoms with E-state index >= 15 is 0 Å². The second-order valence-electron chi connectivity index (χ2n) is 3.11. The van der Waals surface area contributed by atoms with Gasteiger partial charge in [0.2, 0.25) is 0 Å². The quantitative estimate of drug-likeness (QED) is 0.703. The smallest absolute Gasteiger partial charge is 0.168 e. The zero-order valence-electron chi connectivity index (χ0n) is 8.08. The van der Waals surface area contributed by atoms with Gasteiger partial charge in [0.15, 0.2) is 23.2 Å². The molecule has 0 aromatic heterocycles. The molecular formula is C12H7F3O. The summed E-state index contributed by atoms with van der Waals surface area (Å²) in [7, 11) is 0. The number of ether oxygens (including phenoxy) is 1. The molecule has 0 aliphatic carbocycles. The second kappa shape index (κ2) is 4.26. The first kappa shape index (κ1) is 10.5. The molecule has 0 amide bonds. The summed E-state index contributed by atoms with van der Waals surface area (Å²) in [6, 6.07) is 9.43. The van der Waals surface area contributed by atoms with Gasteiger partial charge in [-0.1, -0.05) is 18.2 Å². The third-order valence-electron chi connectivity index (χ3n) is 1.95. The van der Waals surface area contributed by atoms with Crippen LogP contribution in [0.5, 0.6) is 11.5 Å². The highest BCUT2D eigenvalue weighted by atomic mass is 19.2. The van der Waals surface area contributed by atoms with Gasteiger partial charge in [-0.3, -0.25) is 0 Å². The Morgan fingerprint density at radius 1 is 0.750 bits per heavy atom. The molecule has 4 heteroatoms. The highest BCUT2D eigenvalue weighted by Gasteiger charge is 2.11. The standard InChI is InChI=1S/C12H7F3O/c13-9-6-11(15)12(7-10(9)14)16-8-4-2-1-3-5-8/h1-7H. The SMILES string of the molecule is Fc1cc(F)c(Oc2ccccc2)cc1F. The van der Waals surface area contributed by atoms with Gasteiger partial charge in [0.1, 0.15) is 5.75 Å². The lowest BCUT2D eigenvalue weighted by Crippen LogP contribution is -1.92. The van der Waals surface area contributed by atoms with E-state index < -0.39 is 17.5 Å². The number of hydrogen-bond acceptors (Lipinski definition) is 1. The van der Waals surface area contributed by atoms with Crippen LogP contribution in [0.1, 0.15) is 0 Å². The van der Waals surface area contributed by atoms with Gasteiger partial charge in [-0.2, -0.15) is 0 Å². The van der Waals surface area contributed by atoms with Crippen LogP contribution in [-0.4, -0.2) is 0 Å². The molecule has 0 saturated carbocycles. The molecule has 0 aliphatic heterocycles. The van der Waals surface area contributed by atoms with Crippen molar-refractivity contribution in [3.05, 3.63) is 59.9 Å². The normalized spacial score (nSPS) is 10.2. The molecule has 0 unspecified atom stereocenters. The van der Waals surface area contributed by atoms with Crippen LogP contribution in [0.25, 0.3) is 0 Å². The highest BCUT2D eigenvalue weighted by molar-refractivity contribution is 5.32. The Hall–Kier alpha value is -1.97. The van der Waals surface area contributed by atoms with E-state index in [4.69, 9.17) is 4.74 Å². The molecule has 0 saturated heterocycles. The van der Waals surface area contributed by atoms with Crippen molar-refractivity contribution in [1.29, 1.82) is 0 Å². The lowest BCUT2D eigenvalue weighted by Gasteiger charge is -2.06. The van der Waals surface area contributed by atoms with Crippen LogP contribution in [0.2, 0.25) is 0 Å². The molecule has 0 fully saturated rings. The van der Waals surface area contributed by atoms with Crippen molar-refractivity contribution in [3.63, 3.8) is 0 Å². The van der Waals surface area contributed by atoms with Crippen LogP contribution >= 0.6 is 0 Å². The van der Waals surface area contributed by atoms with Gasteiger partial charge in [-0.15, -0.1) is 0 Å². The van der Waals surface area contributed by atoms with Gasteiger partial charge < -0.3 is 4.74 Å². The maximum atomic E-state index is 13.2. The van der Waals surface area contributed by atoms with Crippen molar-refractivity contribution in [2.24, 2.45) is 0 Å². The molecule has 16 heavy (non-hydrogen) atoms. The fraction of sp³-hybridized carbons (Fsp3) is 0. The van der Waals surface area contributed by atoms with Crippen LogP contribution < -0.4 is 4.74 Å². The van der Waals surface area contributed by atoms with E-state index in [0.29, 0.717) is 17.9 Å². The van der Waals surface area contributed by atoms with Crippen molar-refractivity contribution in [1.82, 2.24) is 0 Å². The molecule has 1 nitrogen and oxygen atoms in total. The van der Waals surface area contributed by atoms with Gasteiger partial charge in [-0.25, -0.2) is 13.2 Å². The minimum atomic E-state index is -1.24. The molecule has 82 valence electrons. The molecule has 2 aromatic carbocycles. The third-order valence-corrected chi connectivity index (χ3v) is 1.95. The molecule has 0 aliphatic rings. The van der Waals surface area contributed by atoms with Crippen LogP contribution in [-0.2, 0) is 0 Å². The molecule has 0 radical (unpaired) electrons. The molecule has 0 heterocycles. The summed E-state index contributed by atoms with van der Waals surface area (Å²) in [6.07, 6.45) is 0. The Morgan fingerprint density at radius 3 is 2.06 bits per heavy atom. The summed E-state index contributed by atoms with van der Waals surface area (Å²) in [5.41, 5.74) is 0. The van der Waals surface area contributed by atoms with Crippen molar-refractivity contribution < 1.29 is 17.9 Å². The van der Waals surface area contributed by atoms with Gasteiger partial charge >= 0.3 is 0 Å². The summed E-state index contributed by atoms with van der Waals surface area (Å²) in [5.74, 6) is -3.31. The van der Waals surface area contributed by atoms with Crippen LogP contribution in [0.15, 0.2) is 42.5 Å². The van der Waals surface area contributed by atoms with Crippen LogP contribution in [0.4, 0.5) is 13.2 Å². The summed E-state index contributed by atoms with van der Waals surface area (Å²) >= 11 is 0. The Bertz CT molecular complexity index is 497. The molecule has 0 spiro atoms. The largest absolute Gasteiger partial charge is 0.454 e. The van der Waals surface area contributed by atoms with Crippen LogP contribution in [0, 0.1) is 17.5 Å². The van der Waals surface area contributed by atoms with E-state index in [1.807, 2.05) is 0 Å². The summed E-state index contributed by atoms with van der Waals surface area (Å²) in [5, 5.41) is 0. The zero-order chi connectivity index (χ0) is 11.5. The second-order valence-corrected chi connectivity index (χ2v) is 3.11. The number of para-hydroxylation sites is 1. The number of rotatable bonds is 2. The number of halogens is 3. The Kier molecular flexibility index (Phi) is 2.81. The molecule has 0 N–H and O–H groups in total. The summed E-state index contributed by atoms with van der Waals surface area (Å²) in [6.45, 7) is 0. The van der Waals surface area contributed by atoms with Gasteiger partial charge in [0, 0.05) is 12.1 Å². The maximum Gasteiger partial charge on any atom is 0.168 e. The monoisotopic (exact) mass is 224 g/mol. The highest BCUT2D eigenvalue weighted by Crippen LogP contribution is 2.26. The molecular weight excluding hydrogens is 217 g/mol. The van der Waals surface area contributed by atoms with E-state index in [0.717, 1.165) is 0 Å². The van der Waals surface area contributed by atoms with E-state index in [9.17, 15) is 13.2 Å². The van der Waals surface area contributed by atoms with Crippen molar-refractivity contribution in [2.75, 3.05) is 0 Å². The minimum Gasteiger partial charge on any atom is -0.454 e. The lowest BCUT2D eigenvalue weighted by atomic mass is 10.3. The van der Waals surface area contributed by atoms with Crippen molar-refractivity contribution in [3.8, 4) is 11.5 Å². The molecule has 2 aromatic rings. The predicted octanol–water partition coefficient (Wildman–Crippen LogP) is 3.90. The van der Waals surface area contributed by atoms with Gasteiger partial charge in [-0.05, 0) is 12.1 Å². The topological polar surface area (TPSA) is 9.23 Å². The van der Waals surface area contributed by atoms with Crippen molar-refractivity contribution >= 4 is 0 Å². The average Bonchev–Trinajstić information content (AvgIpc) is 2.27. The molecule has 0 bridgehead atoms. The summed E-state index contributed by atoms with van der Waals surface area (Å²) in [4.78, 5) is 0. The molecule has 0 atom stereocenters. The van der Waals surface area contributed by atoms with E-state index in [1.165, 1.54) is 0 Å². The average molecular weight is 224 g/mol. The van der Waals surface area contributed by atoms with E-state index in [2.05, 4.69) is 0 Å². The maximum absolute atomic E-state index is 13.2. The zero-order valence-corrected chi connectivity index (χ0v) is 8.08. The Balaban J connectivity index is 2.32. The fourth-order valence-electron chi connectivity index (χ4n) is 1.20. The fourth-order valence-corrected chi connectivity index (χ4v) is 1.20. The lowest BCUT2D eigenvalue weighted by molar-refractivity contribution is 0.422. The predicted molar refractivity (Wildman–Crippen MR) is 52.8 cm³/mol. The molecule has 2 rings (SSSR count). The minimum absolute atomic E-state index is 0.342. The van der Waals surface area contributed by atoms with Gasteiger partial charge in [0.25, 0.3) is 0 Å². The first-order valence-electron chi connectivity index (χ1n) is 4.54. The van der Waals surface area contributed by atoms with Crippen LogP contribution in [0.3, 0.4) is 0 Å². The first-order chi connectivity index (χ1) is 7.66. The Morgan fingerprint density at radius 2 is 1.38 bits per heavy atom.